The number of rotatable bonds is 5. The first-order valence-electron chi connectivity index (χ1n) is 16.0. The molecule has 0 saturated heterocycles. The average Bonchev–Trinajstić information content (AvgIpc) is 3.18. The molecule has 224 valence electrons. The van der Waals surface area contributed by atoms with Crippen molar-refractivity contribution in [3.63, 3.8) is 0 Å². The van der Waals surface area contributed by atoms with Crippen molar-refractivity contribution in [3.05, 3.63) is 164 Å². The Kier molecular flexibility index (Phi) is 6.86. The standard InChI is InChI=1S/C39H27B2N7/c1-2-11-28(12-3-1)34-25-29(37-44-38(30-13-9-21-42-26-30)46-39(45-37)31-14-10-22-43-27-31)17-18-32(34)33-15-8-16-35-36(33)40-19-4-7-24-48(40)41-20-5-6-23-47(35)41/h1-27H. The molecule has 3 aromatic carbocycles. The third kappa shape index (κ3) is 4.84. The largest absolute Gasteiger partial charge is 0.437 e. The minimum absolute atomic E-state index is 0.0921. The lowest BCUT2D eigenvalue weighted by Crippen LogP contribution is -2.64. The number of anilines is 1. The molecule has 0 aliphatic carbocycles. The van der Waals surface area contributed by atoms with E-state index in [2.05, 4.69) is 135 Å². The van der Waals surface area contributed by atoms with Gasteiger partial charge in [0.1, 0.15) is 0 Å². The lowest BCUT2D eigenvalue weighted by atomic mass is 9.42. The van der Waals surface area contributed by atoms with E-state index in [4.69, 9.17) is 15.0 Å². The summed E-state index contributed by atoms with van der Waals surface area (Å²) in [7, 11) is 0. The predicted octanol–water partition coefficient (Wildman–Crippen LogP) is 7.05. The first-order chi connectivity index (χ1) is 23.8. The van der Waals surface area contributed by atoms with Gasteiger partial charge in [0.2, 0.25) is 0 Å². The van der Waals surface area contributed by atoms with E-state index in [9.17, 15) is 0 Å². The third-order valence-electron chi connectivity index (χ3n) is 9.00. The molecule has 6 aromatic rings. The van der Waals surface area contributed by atoms with Crippen molar-refractivity contribution in [3.8, 4) is 56.4 Å². The Balaban J connectivity index is 1.25. The van der Waals surface area contributed by atoms with Crippen LogP contribution >= 0.6 is 0 Å². The second-order valence-electron chi connectivity index (χ2n) is 11.8. The second-order valence-corrected chi connectivity index (χ2v) is 11.8. The Morgan fingerprint density at radius 1 is 0.500 bits per heavy atom. The van der Waals surface area contributed by atoms with E-state index in [0.29, 0.717) is 17.5 Å². The van der Waals surface area contributed by atoms with Crippen molar-refractivity contribution in [1.29, 1.82) is 0 Å². The van der Waals surface area contributed by atoms with Gasteiger partial charge in [-0.15, -0.1) is 0 Å². The molecular formula is C39H27B2N7. The first-order valence-corrected chi connectivity index (χ1v) is 16.0. The number of nitrogens with zero attached hydrogens (tertiary/aromatic N) is 7. The topological polar surface area (TPSA) is 70.9 Å². The highest BCUT2D eigenvalue weighted by Gasteiger charge is 2.43. The summed E-state index contributed by atoms with van der Waals surface area (Å²) in [6.45, 7) is 0.210. The zero-order chi connectivity index (χ0) is 31.9. The van der Waals surface area contributed by atoms with E-state index in [1.807, 2.05) is 24.3 Å². The van der Waals surface area contributed by atoms with E-state index < -0.39 is 0 Å². The fraction of sp³-hybridized carbons (Fsp3) is 0. The molecule has 0 saturated carbocycles. The van der Waals surface area contributed by atoms with Gasteiger partial charge < -0.3 is 9.53 Å². The summed E-state index contributed by atoms with van der Waals surface area (Å²) >= 11 is 0. The quantitative estimate of drug-likeness (QED) is 0.193. The number of pyridine rings is 2. The molecule has 3 aromatic heterocycles. The van der Waals surface area contributed by atoms with Gasteiger partial charge in [0, 0.05) is 47.2 Å². The van der Waals surface area contributed by atoms with Crippen molar-refractivity contribution >= 4 is 25.0 Å². The molecule has 7 nitrogen and oxygen atoms in total. The van der Waals surface area contributed by atoms with Gasteiger partial charge in [-0.1, -0.05) is 78.7 Å². The van der Waals surface area contributed by atoms with Gasteiger partial charge in [0.25, 0.3) is 0 Å². The van der Waals surface area contributed by atoms with Crippen LogP contribution in [0.5, 0.6) is 0 Å². The van der Waals surface area contributed by atoms with Crippen LogP contribution in [0.4, 0.5) is 5.69 Å². The molecule has 3 aliphatic heterocycles. The average molecular weight is 615 g/mol. The van der Waals surface area contributed by atoms with Gasteiger partial charge in [-0.2, -0.15) is 0 Å². The number of hydrogen-bond donors (Lipinski definition) is 0. The summed E-state index contributed by atoms with van der Waals surface area (Å²) < 4.78 is 2.42. The molecule has 0 unspecified atom stereocenters. The highest BCUT2D eigenvalue weighted by Crippen LogP contribution is 2.38. The number of aromatic nitrogens is 5. The number of allylic oxidation sites excluding steroid dienone is 4. The van der Waals surface area contributed by atoms with E-state index >= 15 is 0 Å². The number of hydrogen-bond acceptors (Lipinski definition) is 7. The van der Waals surface area contributed by atoms with Crippen LogP contribution < -0.4 is 10.3 Å². The highest BCUT2D eigenvalue weighted by molar-refractivity contribution is 6.91. The molecule has 0 amide bonds. The molecular weight excluding hydrogens is 588 g/mol. The van der Waals surface area contributed by atoms with Crippen LogP contribution in [-0.2, 0) is 0 Å². The Bertz CT molecular complexity index is 2210. The van der Waals surface area contributed by atoms with Crippen LogP contribution in [-0.4, -0.2) is 43.5 Å². The van der Waals surface area contributed by atoms with Gasteiger partial charge in [-0.25, -0.2) is 15.0 Å². The van der Waals surface area contributed by atoms with Crippen LogP contribution in [0, 0.1) is 0 Å². The highest BCUT2D eigenvalue weighted by atomic mass is 15.2. The van der Waals surface area contributed by atoms with Crippen molar-refractivity contribution in [2.24, 2.45) is 0 Å². The zero-order valence-corrected chi connectivity index (χ0v) is 25.9. The lowest BCUT2D eigenvalue weighted by molar-refractivity contribution is 0.878. The monoisotopic (exact) mass is 615 g/mol. The summed E-state index contributed by atoms with van der Waals surface area (Å²) in [6, 6.07) is 31.5. The smallest absolute Gasteiger partial charge is 0.395 e. The van der Waals surface area contributed by atoms with Crippen LogP contribution in [0.3, 0.4) is 0 Å². The first kappa shape index (κ1) is 27.9. The van der Waals surface area contributed by atoms with Gasteiger partial charge in [0.05, 0.1) is 0 Å². The minimum atomic E-state index is 0.0921. The lowest BCUT2D eigenvalue weighted by Gasteiger charge is -2.46. The Morgan fingerprint density at radius 2 is 1.19 bits per heavy atom. The summed E-state index contributed by atoms with van der Waals surface area (Å²) in [5.74, 6) is 6.26. The molecule has 9 heteroatoms. The van der Waals surface area contributed by atoms with Crippen LogP contribution in [0.15, 0.2) is 164 Å². The van der Waals surface area contributed by atoms with E-state index in [0.717, 1.165) is 33.4 Å². The van der Waals surface area contributed by atoms with Gasteiger partial charge >= 0.3 is 13.8 Å². The van der Waals surface area contributed by atoms with Crippen LogP contribution in [0.25, 0.3) is 56.4 Å². The SMILES string of the molecule is C1=CB2c3c(-c4ccc(-c5nc(-c6cccnc6)nc(-c6cccnc6)n5)cc4-c4ccccc4)cccc3N3C=CC=CB3N2C=C1. The van der Waals surface area contributed by atoms with Crippen LogP contribution in [0.1, 0.15) is 0 Å². The van der Waals surface area contributed by atoms with Gasteiger partial charge in [0.15, 0.2) is 17.5 Å². The molecule has 9 rings (SSSR count). The summed E-state index contributed by atoms with van der Waals surface area (Å²) in [5, 5.41) is 0. The molecule has 3 aliphatic rings. The normalized spacial score (nSPS) is 14.2. The molecule has 0 fully saturated rings. The summed E-state index contributed by atoms with van der Waals surface area (Å²) in [5.41, 5.74) is 9.58. The van der Waals surface area contributed by atoms with Gasteiger partial charge in [-0.3, -0.25) is 9.97 Å². The zero-order valence-electron chi connectivity index (χ0n) is 25.9. The fourth-order valence-corrected chi connectivity index (χ4v) is 6.81. The predicted molar refractivity (Wildman–Crippen MR) is 195 cm³/mol. The number of benzene rings is 3. The van der Waals surface area contributed by atoms with Crippen molar-refractivity contribution in [2.75, 3.05) is 4.81 Å². The summed E-state index contributed by atoms with van der Waals surface area (Å²) in [6.07, 6.45) is 19.9. The molecule has 0 spiro atoms. The van der Waals surface area contributed by atoms with Crippen LogP contribution in [0.2, 0.25) is 0 Å². The van der Waals surface area contributed by atoms with E-state index in [1.54, 1.807) is 24.8 Å². The Morgan fingerprint density at radius 3 is 1.92 bits per heavy atom. The maximum atomic E-state index is 4.98. The number of fused-ring (bicyclic) bond motifs is 6. The fourth-order valence-electron chi connectivity index (χ4n) is 6.81. The molecule has 0 radical (unpaired) electrons. The van der Waals surface area contributed by atoms with Crippen molar-refractivity contribution < 1.29 is 0 Å². The van der Waals surface area contributed by atoms with E-state index in [-0.39, 0.29) is 13.8 Å². The second kappa shape index (κ2) is 11.8. The Hall–Kier alpha value is -6.34. The molecule has 6 heterocycles. The minimum Gasteiger partial charge on any atom is -0.437 e. The van der Waals surface area contributed by atoms with Gasteiger partial charge in [-0.05, 0) is 88.7 Å². The molecule has 48 heavy (non-hydrogen) atoms. The molecule has 0 atom stereocenters. The molecule has 0 bridgehead atoms. The Labute approximate surface area is 279 Å². The summed E-state index contributed by atoms with van der Waals surface area (Å²) in [4.78, 5) is 25.8. The maximum absolute atomic E-state index is 4.98. The van der Waals surface area contributed by atoms with Crippen molar-refractivity contribution in [1.82, 2.24) is 29.6 Å². The van der Waals surface area contributed by atoms with E-state index in [1.165, 1.54) is 16.7 Å². The van der Waals surface area contributed by atoms with Crippen molar-refractivity contribution in [2.45, 2.75) is 0 Å². The third-order valence-corrected chi connectivity index (χ3v) is 9.00. The maximum Gasteiger partial charge on any atom is 0.395 e. The molecule has 0 N–H and O–H groups in total.